The summed E-state index contributed by atoms with van der Waals surface area (Å²) < 4.78 is 0. The molecule has 1 unspecified atom stereocenters. The van der Waals surface area contributed by atoms with E-state index in [1.54, 1.807) is 0 Å². The first-order valence-electron chi connectivity index (χ1n) is 9.31. The summed E-state index contributed by atoms with van der Waals surface area (Å²) >= 11 is 0. The number of fused-ring (bicyclic) bond motifs is 1. The van der Waals surface area contributed by atoms with Crippen LogP contribution in [0.25, 0.3) is 0 Å². The van der Waals surface area contributed by atoms with Crippen molar-refractivity contribution in [2.45, 2.75) is 39.7 Å². The van der Waals surface area contributed by atoms with Gasteiger partial charge in [0.1, 0.15) is 5.54 Å². The highest BCUT2D eigenvalue weighted by atomic mass is 15.4. The predicted octanol–water partition coefficient (Wildman–Crippen LogP) is 5.43. The summed E-state index contributed by atoms with van der Waals surface area (Å²) in [4.78, 5) is 9.66. The smallest absolute Gasteiger partial charge is 0.206 e. The highest BCUT2D eigenvalue weighted by Crippen LogP contribution is 2.42. The largest absolute Gasteiger partial charge is 0.315 e. The fraction of sp³-hybridized carbons (Fsp3) is 0.348. The Balaban J connectivity index is 2.19. The molecule has 3 rings (SSSR count). The molecule has 0 bridgehead atoms. The quantitative estimate of drug-likeness (QED) is 0.690. The van der Waals surface area contributed by atoms with Crippen LogP contribution < -0.4 is 9.80 Å². The number of hydrogen-bond acceptors (Lipinski definition) is 3. The minimum absolute atomic E-state index is 0.322. The number of nitrogens with zero attached hydrogens (tertiary/aromatic N) is 3. The first-order valence-corrected chi connectivity index (χ1v) is 9.31. The maximum atomic E-state index is 5.26. The van der Waals surface area contributed by atoms with Crippen molar-refractivity contribution in [3.05, 3.63) is 71.3 Å². The molecule has 0 N–H and O–H groups in total. The Morgan fingerprint density at radius 2 is 1.85 bits per heavy atom. The summed E-state index contributed by atoms with van der Waals surface area (Å²) in [7, 11) is 4.21. The van der Waals surface area contributed by atoms with E-state index in [1.165, 1.54) is 22.4 Å². The summed E-state index contributed by atoms with van der Waals surface area (Å²) in [5.74, 6) is 0.966. The van der Waals surface area contributed by atoms with Crippen molar-refractivity contribution in [1.29, 1.82) is 0 Å². The molecule has 0 spiro atoms. The summed E-state index contributed by atoms with van der Waals surface area (Å²) in [6, 6.07) is 15.2. The molecule has 0 amide bonds. The number of aryl methyl sites for hydroxylation is 2. The van der Waals surface area contributed by atoms with Crippen LogP contribution in [0.1, 0.15) is 37.0 Å². The van der Waals surface area contributed by atoms with E-state index in [0.717, 1.165) is 18.1 Å². The van der Waals surface area contributed by atoms with E-state index in [0.29, 0.717) is 0 Å². The van der Waals surface area contributed by atoms with E-state index in [1.807, 2.05) is 0 Å². The van der Waals surface area contributed by atoms with Gasteiger partial charge in [-0.05, 0) is 56.5 Å². The molecule has 0 saturated carbocycles. The van der Waals surface area contributed by atoms with E-state index >= 15 is 0 Å². The van der Waals surface area contributed by atoms with Crippen LogP contribution in [0, 0.1) is 13.8 Å². The van der Waals surface area contributed by atoms with E-state index in [2.05, 4.69) is 106 Å². The van der Waals surface area contributed by atoms with Gasteiger partial charge in [-0.1, -0.05) is 43.3 Å². The summed E-state index contributed by atoms with van der Waals surface area (Å²) in [6.07, 6.45) is 5.27. The molecule has 0 aliphatic carbocycles. The van der Waals surface area contributed by atoms with Gasteiger partial charge in [0.2, 0.25) is 5.96 Å². The Labute approximate surface area is 157 Å². The lowest BCUT2D eigenvalue weighted by Crippen LogP contribution is -2.46. The highest BCUT2D eigenvalue weighted by molar-refractivity contribution is 6.08. The monoisotopic (exact) mass is 347 g/mol. The Bertz CT molecular complexity index is 866. The van der Waals surface area contributed by atoms with E-state index < -0.39 is 0 Å². The Kier molecular flexibility index (Phi) is 4.90. The Morgan fingerprint density at radius 1 is 1.12 bits per heavy atom. The zero-order chi connectivity index (χ0) is 18.9. The van der Waals surface area contributed by atoms with E-state index in [9.17, 15) is 0 Å². The van der Waals surface area contributed by atoms with Crippen LogP contribution in [0.3, 0.4) is 0 Å². The summed E-state index contributed by atoms with van der Waals surface area (Å²) in [5, 5.41) is 0. The fourth-order valence-corrected chi connectivity index (χ4v) is 3.75. The Hall–Kier alpha value is -2.55. The van der Waals surface area contributed by atoms with Crippen molar-refractivity contribution < 1.29 is 0 Å². The topological polar surface area (TPSA) is 18.8 Å². The van der Waals surface area contributed by atoms with Gasteiger partial charge in [-0.2, -0.15) is 0 Å². The fourth-order valence-electron chi connectivity index (χ4n) is 3.75. The van der Waals surface area contributed by atoms with Gasteiger partial charge in [-0.3, -0.25) is 0 Å². The average molecular weight is 348 g/mol. The maximum Gasteiger partial charge on any atom is 0.206 e. The molecule has 3 heteroatoms. The van der Waals surface area contributed by atoms with Crippen LogP contribution in [0.5, 0.6) is 0 Å². The van der Waals surface area contributed by atoms with Crippen LogP contribution in [-0.4, -0.2) is 20.1 Å². The van der Waals surface area contributed by atoms with Gasteiger partial charge in [0.05, 0.1) is 0 Å². The number of guanidine groups is 1. The lowest BCUT2D eigenvalue weighted by molar-refractivity contribution is 0.534. The van der Waals surface area contributed by atoms with Crippen molar-refractivity contribution in [3.63, 3.8) is 0 Å². The second-order valence-corrected chi connectivity index (χ2v) is 7.17. The third-order valence-electron chi connectivity index (χ3n) is 5.25. The van der Waals surface area contributed by atoms with Crippen molar-refractivity contribution in [1.82, 2.24) is 0 Å². The molecular formula is C23H29N3. The molecular weight excluding hydrogens is 318 g/mol. The molecule has 2 aromatic carbocycles. The molecule has 1 aliphatic heterocycles. The SMILES string of the molecule is C/C=C/C1(CC)N=C(N(C)c2cccc(C)c2)N(C)c2cc(C)ccc21. The predicted molar refractivity (Wildman–Crippen MR) is 113 cm³/mol. The third-order valence-corrected chi connectivity index (χ3v) is 5.25. The number of allylic oxidation sites excluding steroid dienone is 1. The molecule has 3 nitrogen and oxygen atoms in total. The van der Waals surface area contributed by atoms with Crippen LogP contribution in [0.15, 0.2) is 59.6 Å². The molecule has 136 valence electrons. The number of aliphatic imine (C=N–C) groups is 1. The number of hydrogen-bond donors (Lipinski definition) is 0. The molecule has 1 atom stereocenters. The zero-order valence-corrected chi connectivity index (χ0v) is 16.7. The molecule has 1 heterocycles. The van der Waals surface area contributed by atoms with Crippen LogP contribution in [0.4, 0.5) is 11.4 Å². The summed E-state index contributed by atoms with van der Waals surface area (Å²) in [5.41, 5.74) is 5.84. The van der Waals surface area contributed by atoms with Gasteiger partial charge in [0, 0.05) is 31.0 Å². The minimum atomic E-state index is -0.322. The van der Waals surface area contributed by atoms with Crippen LogP contribution >= 0.6 is 0 Å². The highest BCUT2D eigenvalue weighted by Gasteiger charge is 2.37. The molecule has 0 radical (unpaired) electrons. The first-order chi connectivity index (χ1) is 12.4. The second-order valence-electron chi connectivity index (χ2n) is 7.17. The maximum absolute atomic E-state index is 5.26. The zero-order valence-electron chi connectivity index (χ0n) is 16.7. The van der Waals surface area contributed by atoms with Crippen molar-refractivity contribution >= 4 is 17.3 Å². The molecule has 0 fully saturated rings. The molecule has 2 aromatic rings. The molecule has 0 aromatic heterocycles. The van der Waals surface area contributed by atoms with Crippen molar-refractivity contribution in [3.8, 4) is 0 Å². The van der Waals surface area contributed by atoms with Gasteiger partial charge >= 0.3 is 0 Å². The number of benzene rings is 2. The minimum Gasteiger partial charge on any atom is -0.315 e. The number of anilines is 2. The van der Waals surface area contributed by atoms with E-state index in [4.69, 9.17) is 4.99 Å². The second kappa shape index (κ2) is 6.99. The standard InChI is InChI=1S/C23H29N3/c1-7-14-23(8-2)20-13-12-18(4)16-21(20)26(6)22(24-23)25(5)19-11-9-10-17(3)15-19/h7,9-16H,8H2,1-6H3/b14-7+. The molecule has 0 saturated heterocycles. The van der Waals surface area contributed by atoms with Gasteiger partial charge in [0.15, 0.2) is 0 Å². The average Bonchev–Trinajstić information content (AvgIpc) is 2.63. The van der Waals surface area contributed by atoms with E-state index in [-0.39, 0.29) is 5.54 Å². The number of rotatable bonds is 3. The lowest BCUT2D eigenvalue weighted by atomic mass is 9.84. The van der Waals surface area contributed by atoms with Gasteiger partial charge in [-0.25, -0.2) is 4.99 Å². The molecule has 1 aliphatic rings. The Morgan fingerprint density at radius 3 is 2.50 bits per heavy atom. The first kappa shape index (κ1) is 18.2. The van der Waals surface area contributed by atoms with Crippen molar-refractivity contribution in [2.24, 2.45) is 4.99 Å². The van der Waals surface area contributed by atoms with Gasteiger partial charge in [-0.15, -0.1) is 0 Å². The summed E-state index contributed by atoms with van der Waals surface area (Å²) in [6.45, 7) is 8.55. The third kappa shape index (κ3) is 3.03. The van der Waals surface area contributed by atoms with Gasteiger partial charge < -0.3 is 9.80 Å². The van der Waals surface area contributed by atoms with Crippen LogP contribution in [-0.2, 0) is 5.54 Å². The van der Waals surface area contributed by atoms with Crippen molar-refractivity contribution in [2.75, 3.05) is 23.9 Å². The normalized spacial score (nSPS) is 19.5. The van der Waals surface area contributed by atoms with Crippen LogP contribution in [0.2, 0.25) is 0 Å². The van der Waals surface area contributed by atoms with Gasteiger partial charge in [0.25, 0.3) is 0 Å². The molecule has 26 heavy (non-hydrogen) atoms. The lowest BCUT2D eigenvalue weighted by Gasteiger charge is -2.41.